The number of fused-ring (bicyclic) bond motifs is 8. The summed E-state index contributed by atoms with van der Waals surface area (Å²) >= 11 is 0. The van der Waals surface area contributed by atoms with Crippen molar-refractivity contribution in [2.45, 2.75) is 32.1 Å². The molecular formula is C12H16. The van der Waals surface area contributed by atoms with Gasteiger partial charge in [-0.2, -0.15) is 0 Å². The van der Waals surface area contributed by atoms with Gasteiger partial charge in [0.25, 0.3) is 0 Å². The van der Waals surface area contributed by atoms with E-state index in [1.807, 2.05) is 5.57 Å². The first-order valence-corrected chi connectivity index (χ1v) is 5.64. The Hall–Kier alpha value is -0.260. The quantitative estimate of drug-likeness (QED) is 0.478. The van der Waals surface area contributed by atoms with Crippen LogP contribution < -0.4 is 0 Å². The van der Waals surface area contributed by atoms with Crippen LogP contribution in [0.4, 0.5) is 0 Å². The first-order chi connectivity index (χ1) is 5.93. The van der Waals surface area contributed by atoms with Gasteiger partial charge in [-0.3, -0.25) is 0 Å². The van der Waals surface area contributed by atoms with Gasteiger partial charge in [-0.05, 0) is 61.7 Å². The zero-order valence-corrected chi connectivity index (χ0v) is 7.50. The van der Waals surface area contributed by atoms with E-state index < -0.39 is 0 Å². The van der Waals surface area contributed by atoms with Crippen molar-refractivity contribution in [2.75, 3.05) is 0 Å². The smallest absolute Gasteiger partial charge is 0.0138 e. The van der Waals surface area contributed by atoms with Gasteiger partial charge in [0, 0.05) is 0 Å². The van der Waals surface area contributed by atoms with Crippen molar-refractivity contribution in [3.63, 3.8) is 0 Å². The average Bonchev–Trinajstić information content (AvgIpc) is 2.83. The van der Waals surface area contributed by atoms with Gasteiger partial charge >= 0.3 is 0 Å². The van der Waals surface area contributed by atoms with Gasteiger partial charge < -0.3 is 0 Å². The van der Waals surface area contributed by atoms with Crippen molar-refractivity contribution in [2.24, 2.45) is 29.6 Å². The summed E-state index contributed by atoms with van der Waals surface area (Å²) in [5, 5.41) is 0. The fraction of sp³-hybridized carbons (Fsp3) is 0.833. The molecule has 5 unspecified atom stereocenters. The molecular weight excluding hydrogens is 144 g/mol. The van der Waals surface area contributed by atoms with Crippen molar-refractivity contribution in [1.29, 1.82) is 0 Å². The summed E-state index contributed by atoms with van der Waals surface area (Å²) in [6, 6.07) is 0. The number of allylic oxidation sites excluding steroid dienone is 2. The Labute approximate surface area is 74.0 Å². The SMILES string of the molecule is C1=C2CCC1C1C3CCC(C3)C21. The molecule has 4 rings (SSSR count). The molecule has 0 saturated heterocycles. The minimum absolute atomic E-state index is 1.04. The van der Waals surface area contributed by atoms with E-state index in [1.54, 1.807) is 19.3 Å². The van der Waals surface area contributed by atoms with Crippen molar-refractivity contribution in [3.8, 4) is 0 Å². The van der Waals surface area contributed by atoms with Crippen molar-refractivity contribution in [1.82, 2.24) is 0 Å². The van der Waals surface area contributed by atoms with E-state index >= 15 is 0 Å². The predicted molar refractivity (Wildman–Crippen MR) is 48.6 cm³/mol. The van der Waals surface area contributed by atoms with E-state index in [2.05, 4.69) is 6.08 Å². The van der Waals surface area contributed by atoms with Crippen LogP contribution in [-0.4, -0.2) is 0 Å². The monoisotopic (exact) mass is 160 g/mol. The minimum atomic E-state index is 1.04. The molecule has 12 heavy (non-hydrogen) atoms. The second-order valence-electron chi connectivity index (χ2n) is 5.38. The third kappa shape index (κ3) is 0.522. The summed E-state index contributed by atoms with van der Waals surface area (Å²) in [7, 11) is 0. The van der Waals surface area contributed by atoms with E-state index in [9.17, 15) is 0 Å². The summed E-state index contributed by atoms with van der Waals surface area (Å²) in [6.07, 6.45) is 10.4. The molecule has 2 saturated carbocycles. The van der Waals surface area contributed by atoms with Gasteiger partial charge in [-0.1, -0.05) is 11.6 Å². The molecule has 0 heteroatoms. The maximum atomic E-state index is 2.65. The van der Waals surface area contributed by atoms with Crippen LogP contribution in [0, 0.1) is 29.6 Å². The molecule has 0 aromatic heterocycles. The van der Waals surface area contributed by atoms with Crippen molar-refractivity contribution >= 4 is 0 Å². The Kier molecular flexibility index (Phi) is 0.939. The molecule has 0 N–H and O–H groups in total. The van der Waals surface area contributed by atoms with Gasteiger partial charge in [-0.25, -0.2) is 0 Å². The highest BCUT2D eigenvalue weighted by Gasteiger charge is 2.55. The Morgan fingerprint density at radius 2 is 2.00 bits per heavy atom. The summed E-state index contributed by atoms with van der Waals surface area (Å²) in [6.45, 7) is 0. The van der Waals surface area contributed by atoms with E-state index in [-0.39, 0.29) is 0 Å². The van der Waals surface area contributed by atoms with Gasteiger partial charge in [-0.15, -0.1) is 0 Å². The molecule has 2 fully saturated rings. The molecule has 4 aliphatic carbocycles. The lowest BCUT2D eigenvalue weighted by Gasteiger charge is -2.34. The molecule has 0 aromatic rings. The van der Waals surface area contributed by atoms with E-state index in [1.165, 1.54) is 12.8 Å². The molecule has 64 valence electrons. The largest absolute Gasteiger partial charge is 0.0816 e. The number of hydrogen-bond donors (Lipinski definition) is 0. The highest BCUT2D eigenvalue weighted by molar-refractivity contribution is 5.29. The Bertz CT molecular complexity index is 263. The molecule has 0 amide bonds. The number of rotatable bonds is 0. The van der Waals surface area contributed by atoms with Crippen LogP contribution in [0.2, 0.25) is 0 Å². The number of hydrogen-bond acceptors (Lipinski definition) is 0. The van der Waals surface area contributed by atoms with Gasteiger partial charge in [0.1, 0.15) is 0 Å². The molecule has 0 heterocycles. The molecule has 5 atom stereocenters. The van der Waals surface area contributed by atoms with Crippen LogP contribution in [0.15, 0.2) is 11.6 Å². The van der Waals surface area contributed by atoms with Crippen LogP contribution in [-0.2, 0) is 0 Å². The molecule has 0 spiro atoms. The summed E-state index contributed by atoms with van der Waals surface area (Å²) in [5.74, 6) is 5.57. The van der Waals surface area contributed by atoms with E-state index in [0.29, 0.717) is 0 Å². The molecule has 0 aromatic carbocycles. The van der Waals surface area contributed by atoms with Crippen LogP contribution in [0.3, 0.4) is 0 Å². The first-order valence-electron chi connectivity index (χ1n) is 5.64. The third-order valence-electron chi connectivity index (χ3n) is 5.10. The van der Waals surface area contributed by atoms with Crippen LogP contribution in [0.25, 0.3) is 0 Å². The molecule has 0 nitrogen and oxygen atoms in total. The Morgan fingerprint density at radius 1 is 1.08 bits per heavy atom. The lowest BCUT2D eigenvalue weighted by atomic mass is 9.70. The maximum absolute atomic E-state index is 2.65. The fourth-order valence-electron chi connectivity index (χ4n) is 4.86. The second-order valence-corrected chi connectivity index (χ2v) is 5.38. The van der Waals surface area contributed by atoms with E-state index in [4.69, 9.17) is 0 Å². The summed E-state index contributed by atoms with van der Waals surface area (Å²) in [5.41, 5.74) is 1.89. The lowest BCUT2D eigenvalue weighted by molar-refractivity contribution is 0.193. The molecule has 4 aliphatic rings. The van der Waals surface area contributed by atoms with Gasteiger partial charge in [0.2, 0.25) is 0 Å². The third-order valence-corrected chi connectivity index (χ3v) is 5.10. The van der Waals surface area contributed by atoms with Gasteiger partial charge in [0.15, 0.2) is 0 Å². The zero-order valence-electron chi connectivity index (χ0n) is 7.50. The topological polar surface area (TPSA) is 0 Å². The van der Waals surface area contributed by atoms with Crippen LogP contribution >= 0.6 is 0 Å². The van der Waals surface area contributed by atoms with Crippen LogP contribution in [0.1, 0.15) is 32.1 Å². The fourth-order valence-corrected chi connectivity index (χ4v) is 4.86. The van der Waals surface area contributed by atoms with Gasteiger partial charge in [0.05, 0.1) is 0 Å². The van der Waals surface area contributed by atoms with Crippen molar-refractivity contribution < 1.29 is 0 Å². The maximum Gasteiger partial charge on any atom is -0.0138 e. The summed E-state index contributed by atoms with van der Waals surface area (Å²) in [4.78, 5) is 0. The summed E-state index contributed by atoms with van der Waals surface area (Å²) < 4.78 is 0. The molecule has 0 aliphatic heterocycles. The normalized spacial score (nSPS) is 59.3. The zero-order chi connectivity index (χ0) is 7.71. The standard InChI is InChI=1S/C12H16/c1-2-8-5-7(1)11-9-3-4-10(6-9)12(8)11/h5,7,9-12H,1-4,6H2. The second kappa shape index (κ2) is 1.81. The van der Waals surface area contributed by atoms with Crippen LogP contribution in [0.5, 0.6) is 0 Å². The minimum Gasteiger partial charge on any atom is -0.0816 e. The van der Waals surface area contributed by atoms with E-state index in [0.717, 1.165) is 29.6 Å². The van der Waals surface area contributed by atoms with Crippen molar-refractivity contribution in [3.05, 3.63) is 11.6 Å². The Morgan fingerprint density at radius 3 is 2.92 bits per heavy atom. The lowest BCUT2D eigenvalue weighted by Crippen LogP contribution is -2.27. The Balaban J connectivity index is 1.81. The molecule has 4 bridgehead atoms. The predicted octanol–water partition coefficient (Wildman–Crippen LogP) is 3.00. The average molecular weight is 160 g/mol. The highest BCUT2D eigenvalue weighted by Crippen LogP contribution is 2.64. The molecule has 0 radical (unpaired) electrons. The highest BCUT2D eigenvalue weighted by atomic mass is 14.6. The first kappa shape index (κ1) is 6.23.